The quantitative estimate of drug-likeness (QED) is 0.687. The van der Waals surface area contributed by atoms with Gasteiger partial charge in [0.1, 0.15) is 5.54 Å². The van der Waals surface area contributed by atoms with Crippen molar-refractivity contribution < 1.29 is 0 Å². The molecule has 2 fully saturated rings. The summed E-state index contributed by atoms with van der Waals surface area (Å²) in [7, 11) is 0. The highest BCUT2D eigenvalue weighted by Gasteiger charge is 2.37. The van der Waals surface area contributed by atoms with Crippen LogP contribution in [0.15, 0.2) is 0 Å². The van der Waals surface area contributed by atoms with E-state index >= 15 is 0 Å². The Morgan fingerprint density at radius 1 is 0.938 bits per heavy atom. The van der Waals surface area contributed by atoms with Crippen LogP contribution in [-0.2, 0) is 0 Å². The third kappa shape index (κ3) is 2.56. The molecular weight excluding hydrogens is 198 g/mol. The van der Waals surface area contributed by atoms with Gasteiger partial charge < -0.3 is 5.32 Å². The molecular formula is C13H23N3. The van der Waals surface area contributed by atoms with Crippen LogP contribution in [0.2, 0.25) is 0 Å². The number of rotatable bonds is 1. The van der Waals surface area contributed by atoms with Crippen LogP contribution in [0.3, 0.4) is 0 Å². The van der Waals surface area contributed by atoms with E-state index in [-0.39, 0.29) is 5.54 Å². The molecule has 2 rings (SSSR count). The standard InChI is InChI=1S/C13H23N3/c14-12-13(6-3-1-2-4-7-13)16-10-5-8-15-9-11-16/h15H,1-11H2. The fourth-order valence-electron chi connectivity index (χ4n) is 3.09. The lowest BCUT2D eigenvalue weighted by Crippen LogP contribution is -2.48. The summed E-state index contributed by atoms with van der Waals surface area (Å²) in [6, 6.07) is 2.65. The molecule has 2 aliphatic rings. The Labute approximate surface area is 98.8 Å². The molecule has 1 N–H and O–H groups in total. The first-order valence-corrected chi connectivity index (χ1v) is 6.74. The van der Waals surface area contributed by atoms with Crippen LogP contribution in [-0.4, -0.2) is 36.6 Å². The third-order valence-electron chi connectivity index (χ3n) is 4.08. The molecule has 3 nitrogen and oxygen atoms in total. The first-order chi connectivity index (χ1) is 7.87. The number of hydrogen-bond acceptors (Lipinski definition) is 3. The smallest absolute Gasteiger partial charge is 0.109 e. The molecule has 1 heterocycles. The molecule has 3 heteroatoms. The van der Waals surface area contributed by atoms with Crippen LogP contribution in [0.1, 0.15) is 44.9 Å². The van der Waals surface area contributed by atoms with Crippen molar-refractivity contribution in [1.29, 1.82) is 5.26 Å². The highest BCUT2D eigenvalue weighted by atomic mass is 15.2. The summed E-state index contributed by atoms with van der Waals surface area (Å²) in [6.07, 6.45) is 8.45. The zero-order chi connectivity index (χ0) is 11.3. The Kier molecular flexibility index (Phi) is 4.20. The third-order valence-corrected chi connectivity index (χ3v) is 4.08. The monoisotopic (exact) mass is 221 g/mol. The molecule has 0 radical (unpaired) electrons. The maximum atomic E-state index is 9.60. The van der Waals surface area contributed by atoms with Gasteiger partial charge in [0, 0.05) is 19.6 Å². The molecule has 1 saturated carbocycles. The predicted molar refractivity (Wildman–Crippen MR) is 65.1 cm³/mol. The van der Waals surface area contributed by atoms with Crippen molar-refractivity contribution in [1.82, 2.24) is 10.2 Å². The Morgan fingerprint density at radius 3 is 2.38 bits per heavy atom. The van der Waals surface area contributed by atoms with E-state index in [0.29, 0.717) is 0 Å². The van der Waals surface area contributed by atoms with Crippen LogP contribution in [0.4, 0.5) is 0 Å². The Morgan fingerprint density at radius 2 is 1.69 bits per heavy atom. The summed E-state index contributed by atoms with van der Waals surface area (Å²) < 4.78 is 0. The zero-order valence-electron chi connectivity index (χ0n) is 10.2. The fourth-order valence-corrected chi connectivity index (χ4v) is 3.09. The Balaban J connectivity index is 2.08. The molecule has 90 valence electrons. The molecule has 0 aromatic heterocycles. The SMILES string of the molecule is N#CC1(N2CCCNCC2)CCCCCC1. The van der Waals surface area contributed by atoms with Gasteiger partial charge >= 0.3 is 0 Å². The minimum atomic E-state index is -0.136. The van der Waals surface area contributed by atoms with Crippen LogP contribution >= 0.6 is 0 Å². The van der Waals surface area contributed by atoms with E-state index in [0.717, 1.165) is 39.0 Å². The van der Waals surface area contributed by atoms with E-state index in [2.05, 4.69) is 16.3 Å². The lowest BCUT2D eigenvalue weighted by atomic mass is 9.89. The van der Waals surface area contributed by atoms with E-state index in [4.69, 9.17) is 0 Å². The van der Waals surface area contributed by atoms with Gasteiger partial charge in [-0.15, -0.1) is 0 Å². The van der Waals surface area contributed by atoms with Gasteiger partial charge in [0.2, 0.25) is 0 Å². The summed E-state index contributed by atoms with van der Waals surface area (Å²) in [6.45, 7) is 4.30. The molecule has 0 amide bonds. The maximum Gasteiger partial charge on any atom is 0.109 e. The second-order valence-electron chi connectivity index (χ2n) is 5.15. The average molecular weight is 221 g/mol. The van der Waals surface area contributed by atoms with Gasteiger partial charge in [0.25, 0.3) is 0 Å². The number of nitrogens with zero attached hydrogens (tertiary/aromatic N) is 2. The number of nitrogens with one attached hydrogen (secondary N) is 1. The second kappa shape index (κ2) is 5.65. The van der Waals surface area contributed by atoms with Gasteiger partial charge in [0.05, 0.1) is 6.07 Å². The number of hydrogen-bond donors (Lipinski definition) is 1. The van der Waals surface area contributed by atoms with Crippen molar-refractivity contribution in [3.8, 4) is 6.07 Å². The van der Waals surface area contributed by atoms with Crippen LogP contribution in [0.25, 0.3) is 0 Å². The van der Waals surface area contributed by atoms with Gasteiger partial charge in [-0.1, -0.05) is 25.7 Å². The predicted octanol–water partition coefficient (Wildman–Crippen LogP) is 1.90. The summed E-state index contributed by atoms with van der Waals surface area (Å²) in [5.74, 6) is 0. The van der Waals surface area contributed by atoms with Gasteiger partial charge in [-0.3, -0.25) is 4.90 Å². The van der Waals surface area contributed by atoms with Gasteiger partial charge in [-0.2, -0.15) is 5.26 Å². The van der Waals surface area contributed by atoms with Gasteiger partial charge in [-0.05, 0) is 25.8 Å². The lowest BCUT2D eigenvalue weighted by Gasteiger charge is -2.37. The summed E-state index contributed by atoms with van der Waals surface area (Å²) in [5.41, 5.74) is -0.136. The van der Waals surface area contributed by atoms with Crippen molar-refractivity contribution in [2.45, 2.75) is 50.5 Å². The first kappa shape index (κ1) is 11.9. The minimum Gasteiger partial charge on any atom is -0.315 e. The van der Waals surface area contributed by atoms with E-state index in [9.17, 15) is 5.26 Å². The molecule has 0 bridgehead atoms. The van der Waals surface area contributed by atoms with E-state index < -0.39 is 0 Å². The molecule has 0 unspecified atom stereocenters. The largest absolute Gasteiger partial charge is 0.315 e. The van der Waals surface area contributed by atoms with E-state index in [1.54, 1.807) is 0 Å². The van der Waals surface area contributed by atoms with Crippen molar-refractivity contribution in [3.63, 3.8) is 0 Å². The molecule has 0 atom stereocenters. The van der Waals surface area contributed by atoms with E-state index in [1.165, 1.54) is 32.1 Å². The molecule has 0 aromatic rings. The Hall–Kier alpha value is -0.590. The number of nitriles is 1. The second-order valence-corrected chi connectivity index (χ2v) is 5.15. The normalized spacial score (nSPS) is 27.7. The highest BCUT2D eigenvalue weighted by molar-refractivity contribution is 5.09. The summed E-state index contributed by atoms with van der Waals surface area (Å²) in [4.78, 5) is 2.46. The van der Waals surface area contributed by atoms with Crippen molar-refractivity contribution in [2.75, 3.05) is 26.2 Å². The van der Waals surface area contributed by atoms with Crippen LogP contribution in [0.5, 0.6) is 0 Å². The van der Waals surface area contributed by atoms with Crippen molar-refractivity contribution >= 4 is 0 Å². The van der Waals surface area contributed by atoms with Crippen LogP contribution in [0, 0.1) is 11.3 Å². The molecule has 1 saturated heterocycles. The molecule has 1 aliphatic heterocycles. The molecule has 0 aromatic carbocycles. The molecule has 16 heavy (non-hydrogen) atoms. The van der Waals surface area contributed by atoms with Crippen LogP contribution < -0.4 is 5.32 Å². The summed E-state index contributed by atoms with van der Waals surface area (Å²) in [5, 5.41) is 13.0. The fraction of sp³-hybridized carbons (Fsp3) is 0.923. The Bertz CT molecular complexity index is 240. The van der Waals surface area contributed by atoms with Gasteiger partial charge in [0.15, 0.2) is 0 Å². The molecule has 0 spiro atoms. The average Bonchev–Trinajstić information content (AvgIpc) is 2.72. The summed E-state index contributed by atoms with van der Waals surface area (Å²) >= 11 is 0. The van der Waals surface area contributed by atoms with Crippen molar-refractivity contribution in [2.24, 2.45) is 0 Å². The van der Waals surface area contributed by atoms with Crippen molar-refractivity contribution in [3.05, 3.63) is 0 Å². The lowest BCUT2D eigenvalue weighted by molar-refractivity contribution is 0.129. The van der Waals surface area contributed by atoms with E-state index in [1.807, 2.05) is 0 Å². The first-order valence-electron chi connectivity index (χ1n) is 6.74. The van der Waals surface area contributed by atoms with Gasteiger partial charge in [-0.25, -0.2) is 0 Å². The topological polar surface area (TPSA) is 39.1 Å². The minimum absolute atomic E-state index is 0.136. The zero-order valence-corrected chi connectivity index (χ0v) is 10.2. The molecule has 1 aliphatic carbocycles. The maximum absolute atomic E-state index is 9.60. The highest BCUT2D eigenvalue weighted by Crippen LogP contribution is 2.32.